The Bertz CT molecular complexity index is 621. The summed E-state index contributed by atoms with van der Waals surface area (Å²) >= 11 is 0. The maximum atomic E-state index is 12.2. The molecule has 1 heterocycles. The minimum absolute atomic E-state index is 0.111. The third-order valence-electron chi connectivity index (χ3n) is 4.40. The Morgan fingerprint density at radius 1 is 1.22 bits per heavy atom. The number of benzene rings is 1. The average Bonchev–Trinajstić information content (AvgIpc) is 2.94. The van der Waals surface area contributed by atoms with Gasteiger partial charge in [-0.1, -0.05) is 31.0 Å². The van der Waals surface area contributed by atoms with Gasteiger partial charge in [-0.15, -0.1) is 0 Å². The normalized spacial score (nSPS) is 27.6. The predicted octanol–water partition coefficient (Wildman–Crippen LogP) is 2.64. The fourth-order valence-corrected chi connectivity index (χ4v) is 5.42. The Morgan fingerprint density at radius 3 is 2.56 bits per heavy atom. The molecule has 1 saturated carbocycles. The highest BCUT2D eigenvalue weighted by atomic mass is 32.2. The first kappa shape index (κ1) is 11.7. The van der Waals surface area contributed by atoms with Crippen LogP contribution in [0.15, 0.2) is 29.2 Å². The number of nitrogens with zero attached hydrogens (tertiary/aromatic N) is 1. The van der Waals surface area contributed by atoms with Crippen LogP contribution >= 0.6 is 0 Å². The van der Waals surface area contributed by atoms with Gasteiger partial charge >= 0.3 is 0 Å². The Kier molecular flexibility index (Phi) is 2.49. The number of nitriles is 1. The second-order valence-electron chi connectivity index (χ2n) is 5.35. The molecule has 3 nitrogen and oxygen atoms in total. The molecule has 0 bridgehead atoms. The van der Waals surface area contributed by atoms with Gasteiger partial charge in [0.05, 0.1) is 22.1 Å². The van der Waals surface area contributed by atoms with Crippen molar-refractivity contribution >= 4 is 9.84 Å². The molecule has 0 radical (unpaired) electrons. The van der Waals surface area contributed by atoms with Gasteiger partial charge in [-0.3, -0.25) is 0 Å². The standard InChI is InChI=1S/C14H15NO2S/c15-10-14(7-3-4-8-14)12-9-18(16,17)13-6-2-1-5-11(12)13/h1-2,5-6,12H,3-4,7-9H2. The summed E-state index contributed by atoms with van der Waals surface area (Å²) in [6.45, 7) is 0. The summed E-state index contributed by atoms with van der Waals surface area (Å²) in [5, 5.41) is 9.53. The van der Waals surface area contributed by atoms with Gasteiger partial charge in [0.1, 0.15) is 0 Å². The van der Waals surface area contributed by atoms with E-state index in [1.807, 2.05) is 12.1 Å². The van der Waals surface area contributed by atoms with Crippen molar-refractivity contribution < 1.29 is 8.42 Å². The molecule has 94 valence electrons. The molecule has 1 aromatic rings. The topological polar surface area (TPSA) is 57.9 Å². The Morgan fingerprint density at radius 2 is 1.89 bits per heavy atom. The molecule has 0 N–H and O–H groups in total. The molecule has 1 aliphatic carbocycles. The van der Waals surface area contributed by atoms with Gasteiger partial charge in [0.2, 0.25) is 0 Å². The Labute approximate surface area is 107 Å². The molecule has 3 rings (SSSR count). The van der Waals surface area contributed by atoms with Crippen LogP contribution < -0.4 is 0 Å². The fourth-order valence-electron chi connectivity index (χ4n) is 3.45. The van der Waals surface area contributed by atoms with Crippen LogP contribution in [0.4, 0.5) is 0 Å². The van der Waals surface area contributed by atoms with Gasteiger partial charge in [0.15, 0.2) is 9.84 Å². The molecule has 1 fully saturated rings. The van der Waals surface area contributed by atoms with E-state index in [0.717, 1.165) is 31.2 Å². The third-order valence-corrected chi connectivity index (χ3v) is 6.22. The van der Waals surface area contributed by atoms with Crippen molar-refractivity contribution in [2.24, 2.45) is 5.41 Å². The number of hydrogen-bond donors (Lipinski definition) is 0. The lowest BCUT2D eigenvalue weighted by Gasteiger charge is -2.27. The van der Waals surface area contributed by atoms with Crippen LogP contribution in [0, 0.1) is 16.7 Å². The average molecular weight is 261 g/mol. The first-order valence-electron chi connectivity index (χ1n) is 6.32. The molecule has 0 aromatic heterocycles. The molecular formula is C14H15NO2S. The largest absolute Gasteiger partial charge is 0.224 e. The second kappa shape index (κ2) is 3.83. The number of hydrogen-bond acceptors (Lipinski definition) is 3. The third kappa shape index (κ3) is 1.50. The number of sulfone groups is 1. The van der Waals surface area contributed by atoms with Gasteiger partial charge in [0, 0.05) is 5.92 Å². The quantitative estimate of drug-likeness (QED) is 0.781. The zero-order chi connectivity index (χ0) is 12.8. The van der Waals surface area contributed by atoms with Crippen molar-refractivity contribution in [1.82, 2.24) is 0 Å². The van der Waals surface area contributed by atoms with Crippen LogP contribution in [0.25, 0.3) is 0 Å². The van der Waals surface area contributed by atoms with Crippen LogP contribution in [-0.2, 0) is 9.84 Å². The molecule has 4 heteroatoms. The number of rotatable bonds is 1. The molecule has 1 aromatic carbocycles. The molecule has 1 aliphatic heterocycles. The zero-order valence-corrected chi connectivity index (χ0v) is 10.9. The minimum atomic E-state index is -3.19. The van der Waals surface area contributed by atoms with E-state index < -0.39 is 15.3 Å². The van der Waals surface area contributed by atoms with E-state index >= 15 is 0 Å². The molecule has 2 aliphatic rings. The molecule has 0 saturated heterocycles. The summed E-state index contributed by atoms with van der Waals surface area (Å²) in [5.74, 6) is -0.0221. The van der Waals surface area contributed by atoms with Gasteiger partial charge in [0.25, 0.3) is 0 Å². The summed E-state index contributed by atoms with van der Waals surface area (Å²) in [6, 6.07) is 9.61. The van der Waals surface area contributed by atoms with Crippen LogP contribution in [0.5, 0.6) is 0 Å². The molecule has 1 unspecified atom stereocenters. The monoisotopic (exact) mass is 261 g/mol. The van der Waals surface area contributed by atoms with E-state index in [0.29, 0.717) is 4.90 Å². The summed E-state index contributed by atoms with van der Waals surface area (Å²) in [7, 11) is -3.19. The van der Waals surface area contributed by atoms with E-state index in [1.54, 1.807) is 12.1 Å². The van der Waals surface area contributed by atoms with Gasteiger partial charge in [-0.25, -0.2) is 8.42 Å². The van der Waals surface area contributed by atoms with Crippen molar-refractivity contribution in [2.45, 2.75) is 36.5 Å². The first-order valence-corrected chi connectivity index (χ1v) is 7.97. The lowest BCUT2D eigenvalue weighted by atomic mass is 9.73. The smallest absolute Gasteiger partial charge is 0.179 e. The maximum absolute atomic E-state index is 12.2. The summed E-state index contributed by atoms with van der Waals surface area (Å²) in [5.41, 5.74) is 0.403. The van der Waals surface area contributed by atoms with Gasteiger partial charge in [-0.2, -0.15) is 5.26 Å². The zero-order valence-electron chi connectivity index (χ0n) is 10.1. The van der Waals surface area contributed by atoms with E-state index in [2.05, 4.69) is 6.07 Å². The summed E-state index contributed by atoms with van der Waals surface area (Å²) < 4.78 is 24.3. The molecule has 18 heavy (non-hydrogen) atoms. The fraction of sp³-hybridized carbons (Fsp3) is 0.500. The number of fused-ring (bicyclic) bond motifs is 1. The van der Waals surface area contributed by atoms with E-state index in [4.69, 9.17) is 0 Å². The van der Waals surface area contributed by atoms with E-state index in [1.165, 1.54) is 0 Å². The van der Waals surface area contributed by atoms with Gasteiger partial charge in [-0.05, 0) is 24.5 Å². The Balaban J connectivity index is 2.15. The predicted molar refractivity (Wildman–Crippen MR) is 67.7 cm³/mol. The minimum Gasteiger partial charge on any atom is -0.224 e. The lowest BCUT2D eigenvalue weighted by Crippen LogP contribution is -2.25. The van der Waals surface area contributed by atoms with Crippen LogP contribution in [-0.4, -0.2) is 14.2 Å². The van der Waals surface area contributed by atoms with E-state index in [9.17, 15) is 13.7 Å². The highest BCUT2D eigenvalue weighted by molar-refractivity contribution is 7.91. The lowest BCUT2D eigenvalue weighted by molar-refractivity contribution is 0.344. The van der Waals surface area contributed by atoms with Crippen LogP contribution in [0.1, 0.15) is 37.2 Å². The highest BCUT2D eigenvalue weighted by Crippen LogP contribution is 2.53. The van der Waals surface area contributed by atoms with Crippen molar-refractivity contribution in [3.63, 3.8) is 0 Å². The van der Waals surface area contributed by atoms with Crippen molar-refractivity contribution in [1.29, 1.82) is 5.26 Å². The van der Waals surface area contributed by atoms with Crippen LogP contribution in [0.3, 0.4) is 0 Å². The van der Waals surface area contributed by atoms with Crippen molar-refractivity contribution in [2.75, 3.05) is 5.75 Å². The molecule has 0 amide bonds. The molecule has 1 atom stereocenters. The molecular weight excluding hydrogens is 246 g/mol. The second-order valence-corrected chi connectivity index (χ2v) is 7.35. The Hall–Kier alpha value is -1.34. The van der Waals surface area contributed by atoms with Crippen molar-refractivity contribution in [3.05, 3.63) is 29.8 Å². The molecule has 0 spiro atoms. The maximum Gasteiger partial charge on any atom is 0.179 e. The van der Waals surface area contributed by atoms with Gasteiger partial charge < -0.3 is 0 Å². The van der Waals surface area contributed by atoms with Crippen LogP contribution in [0.2, 0.25) is 0 Å². The summed E-state index contributed by atoms with van der Waals surface area (Å²) in [6.07, 6.45) is 3.73. The summed E-state index contributed by atoms with van der Waals surface area (Å²) in [4.78, 5) is 0.441. The van der Waals surface area contributed by atoms with E-state index in [-0.39, 0.29) is 11.7 Å². The highest BCUT2D eigenvalue weighted by Gasteiger charge is 2.49. The van der Waals surface area contributed by atoms with Crippen molar-refractivity contribution in [3.8, 4) is 6.07 Å². The SMILES string of the molecule is N#CC1(C2CS(=O)(=O)c3ccccc32)CCCC1. The first-order chi connectivity index (χ1) is 8.59.